The molecule has 0 atom stereocenters. The van der Waals surface area contributed by atoms with Crippen molar-refractivity contribution in [2.24, 2.45) is 7.05 Å². The molecule has 8 heteroatoms. The van der Waals surface area contributed by atoms with Crippen LogP contribution in [-0.2, 0) is 13.6 Å². The summed E-state index contributed by atoms with van der Waals surface area (Å²) in [6.45, 7) is 1.21. The highest BCUT2D eigenvalue weighted by Crippen LogP contribution is 2.19. The van der Waals surface area contributed by atoms with Crippen LogP contribution >= 0.6 is 0 Å². The largest absolute Gasteiger partial charge is 0.350 e. The number of imidazole rings is 1. The van der Waals surface area contributed by atoms with Gasteiger partial charge in [-0.25, -0.2) is 15.2 Å². The van der Waals surface area contributed by atoms with Gasteiger partial charge >= 0.3 is 6.03 Å². The molecule has 0 fully saturated rings. The van der Waals surface area contributed by atoms with E-state index in [1.54, 1.807) is 12.5 Å². The fourth-order valence-corrected chi connectivity index (χ4v) is 3.39. The van der Waals surface area contributed by atoms with Crippen molar-refractivity contribution < 1.29 is 9.59 Å². The summed E-state index contributed by atoms with van der Waals surface area (Å²) in [5.74, 6) is -0.359. The zero-order valence-corrected chi connectivity index (χ0v) is 16.1. The number of hydrogen-bond acceptors (Lipinski definition) is 3. The molecule has 2 heterocycles. The second kappa shape index (κ2) is 8.05. The Balaban J connectivity index is 1.24. The van der Waals surface area contributed by atoms with Crippen LogP contribution in [0.3, 0.4) is 0 Å². The quantitative estimate of drug-likeness (QED) is 0.361. The van der Waals surface area contributed by atoms with Gasteiger partial charge in [-0.05, 0) is 24.6 Å². The summed E-state index contributed by atoms with van der Waals surface area (Å²) in [5.41, 5.74) is 8.34. The van der Waals surface area contributed by atoms with Gasteiger partial charge in [0.1, 0.15) is 0 Å². The molecule has 0 bridgehead atoms. The van der Waals surface area contributed by atoms with Gasteiger partial charge in [0.25, 0.3) is 5.91 Å². The summed E-state index contributed by atoms with van der Waals surface area (Å²) < 4.78 is 3.93. The standard InChI is InChI=1S/C21H22N6O2/c1-26-13-16(15-7-2-4-9-18(15)26)20(28)24-25-21(29)22-11-6-12-27-14-23-17-8-3-5-10-19(17)27/h2-5,7-10,13-14H,6,11-12H2,1H3,(H,24,28)(H2,22,25,29). The highest BCUT2D eigenvalue weighted by atomic mass is 16.2. The Hall–Kier alpha value is -3.81. The third-order valence-corrected chi connectivity index (χ3v) is 4.82. The Morgan fingerprint density at radius 3 is 2.62 bits per heavy atom. The second-order valence-electron chi connectivity index (χ2n) is 6.79. The molecule has 2 aromatic carbocycles. The molecule has 0 aliphatic carbocycles. The van der Waals surface area contributed by atoms with Gasteiger partial charge in [0.05, 0.1) is 22.9 Å². The molecule has 148 valence electrons. The number of amides is 3. The number of nitrogens with zero attached hydrogens (tertiary/aromatic N) is 3. The minimum absolute atomic E-state index is 0.359. The SMILES string of the molecule is Cn1cc(C(=O)NNC(=O)NCCCn2cnc3ccccc32)c2ccccc21. The van der Waals surface area contributed by atoms with Gasteiger partial charge in [0.2, 0.25) is 0 Å². The zero-order chi connectivity index (χ0) is 20.2. The number of aromatic nitrogens is 3. The molecule has 3 N–H and O–H groups in total. The zero-order valence-electron chi connectivity index (χ0n) is 16.1. The Labute approximate surface area is 167 Å². The van der Waals surface area contributed by atoms with Crippen LogP contribution in [0.1, 0.15) is 16.8 Å². The summed E-state index contributed by atoms with van der Waals surface area (Å²) in [5, 5.41) is 3.57. The second-order valence-corrected chi connectivity index (χ2v) is 6.79. The van der Waals surface area contributed by atoms with E-state index in [9.17, 15) is 9.59 Å². The number of para-hydroxylation sites is 3. The average molecular weight is 390 g/mol. The van der Waals surface area contributed by atoms with Gasteiger partial charge in [-0.2, -0.15) is 0 Å². The molecular weight excluding hydrogens is 368 g/mol. The maximum atomic E-state index is 12.4. The maximum Gasteiger partial charge on any atom is 0.333 e. The van der Waals surface area contributed by atoms with Gasteiger partial charge in [-0.3, -0.25) is 10.2 Å². The number of carbonyl (C=O) groups excluding carboxylic acids is 2. The molecule has 0 radical (unpaired) electrons. The van der Waals surface area contributed by atoms with E-state index in [-0.39, 0.29) is 5.91 Å². The van der Waals surface area contributed by atoms with Crippen LogP contribution in [0, 0.1) is 0 Å². The molecule has 0 saturated heterocycles. The van der Waals surface area contributed by atoms with E-state index in [1.165, 1.54) is 0 Å². The van der Waals surface area contributed by atoms with E-state index in [0.29, 0.717) is 12.1 Å². The van der Waals surface area contributed by atoms with Crippen molar-refractivity contribution in [1.82, 2.24) is 30.3 Å². The summed E-state index contributed by atoms with van der Waals surface area (Å²) in [6, 6.07) is 15.1. The van der Waals surface area contributed by atoms with Gasteiger partial charge in [-0.1, -0.05) is 30.3 Å². The Bertz CT molecular complexity index is 1180. The monoisotopic (exact) mass is 390 g/mol. The van der Waals surface area contributed by atoms with Gasteiger partial charge in [0, 0.05) is 37.2 Å². The highest BCUT2D eigenvalue weighted by molar-refractivity contribution is 6.07. The van der Waals surface area contributed by atoms with Crippen LogP contribution in [0.4, 0.5) is 4.79 Å². The van der Waals surface area contributed by atoms with Crippen LogP contribution in [-0.4, -0.2) is 32.6 Å². The average Bonchev–Trinajstić information content (AvgIpc) is 3.31. The lowest BCUT2D eigenvalue weighted by Crippen LogP contribution is -2.47. The van der Waals surface area contributed by atoms with Crippen molar-refractivity contribution in [2.45, 2.75) is 13.0 Å². The first-order chi connectivity index (χ1) is 14.1. The summed E-state index contributed by atoms with van der Waals surface area (Å²) in [4.78, 5) is 28.7. The number of hydrazine groups is 1. The van der Waals surface area contributed by atoms with Crippen LogP contribution < -0.4 is 16.2 Å². The summed E-state index contributed by atoms with van der Waals surface area (Å²) >= 11 is 0. The smallest absolute Gasteiger partial charge is 0.333 e. The lowest BCUT2D eigenvalue weighted by Gasteiger charge is -2.09. The number of hydrogen-bond donors (Lipinski definition) is 3. The van der Waals surface area contributed by atoms with E-state index in [2.05, 4.69) is 25.7 Å². The van der Waals surface area contributed by atoms with Crippen molar-refractivity contribution in [3.8, 4) is 0 Å². The summed E-state index contributed by atoms with van der Waals surface area (Å²) in [6.07, 6.45) is 4.29. The molecule has 4 aromatic rings. The first-order valence-electron chi connectivity index (χ1n) is 9.41. The van der Waals surface area contributed by atoms with E-state index in [0.717, 1.165) is 34.9 Å². The number of carbonyl (C=O) groups is 2. The lowest BCUT2D eigenvalue weighted by molar-refractivity contribution is 0.0937. The number of rotatable bonds is 5. The van der Waals surface area contributed by atoms with Crippen molar-refractivity contribution in [3.63, 3.8) is 0 Å². The van der Waals surface area contributed by atoms with Gasteiger partial charge in [-0.15, -0.1) is 0 Å². The molecule has 0 unspecified atom stereocenters. The van der Waals surface area contributed by atoms with Crippen molar-refractivity contribution in [1.29, 1.82) is 0 Å². The minimum atomic E-state index is -0.450. The Kier molecular flexibility index (Phi) is 5.15. The number of nitrogens with one attached hydrogen (secondary N) is 3. The molecule has 0 saturated carbocycles. The molecule has 0 spiro atoms. The molecule has 0 aliphatic rings. The van der Waals surface area contributed by atoms with E-state index >= 15 is 0 Å². The minimum Gasteiger partial charge on any atom is -0.350 e. The molecule has 4 rings (SSSR count). The van der Waals surface area contributed by atoms with E-state index < -0.39 is 6.03 Å². The Morgan fingerprint density at radius 2 is 1.76 bits per heavy atom. The van der Waals surface area contributed by atoms with E-state index in [1.807, 2.05) is 60.1 Å². The molecule has 0 aliphatic heterocycles. The first-order valence-corrected chi connectivity index (χ1v) is 9.41. The molecule has 8 nitrogen and oxygen atoms in total. The highest BCUT2D eigenvalue weighted by Gasteiger charge is 2.14. The third kappa shape index (κ3) is 3.91. The number of fused-ring (bicyclic) bond motifs is 2. The molecule has 3 amide bonds. The lowest BCUT2D eigenvalue weighted by atomic mass is 10.2. The molecule has 2 aromatic heterocycles. The molecule has 29 heavy (non-hydrogen) atoms. The topological polar surface area (TPSA) is 93.0 Å². The maximum absolute atomic E-state index is 12.4. The predicted octanol–water partition coefficient (Wildman–Crippen LogP) is 2.56. The van der Waals surface area contributed by atoms with Crippen molar-refractivity contribution in [3.05, 3.63) is 66.6 Å². The van der Waals surface area contributed by atoms with Crippen LogP contribution in [0.15, 0.2) is 61.1 Å². The fourth-order valence-electron chi connectivity index (χ4n) is 3.39. The van der Waals surface area contributed by atoms with E-state index in [4.69, 9.17) is 0 Å². The summed E-state index contributed by atoms with van der Waals surface area (Å²) in [7, 11) is 1.88. The molecular formula is C21H22N6O2. The third-order valence-electron chi connectivity index (χ3n) is 4.82. The number of urea groups is 1. The number of benzene rings is 2. The van der Waals surface area contributed by atoms with Crippen LogP contribution in [0.2, 0.25) is 0 Å². The first kappa shape index (κ1) is 18.5. The fraction of sp³-hybridized carbons (Fsp3) is 0.190. The van der Waals surface area contributed by atoms with Gasteiger partial charge in [0.15, 0.2) is 0 Å². The van der Waals surface area contributed by atoms with Crippen LogP contribution in [0.25, 0.3) is 21.9 Å². The van der Waals surface area contributed by atoms with Crippen LogP contribution in [0.5, 0.6) is 0 Å². The number of aryl methyl sites for hydroxylation is 2. The Morgan fingerprint density at radius 1 is 1.00 bits per heavy atom. The predicted molar refractivity (Wildman–Crippen MR) is 111 cm³/mol. The van der Waals surface area contributed by atoms with Crippen molar-refractivity contribution in [2.75, 3.05) is 6.54 Å². The van der Waals surface area contributed by atoms with Gasteiger partial charge < -0.3 is 14.5 Å². The van der Waals surface area contributed by atoms with Crippen molar-refractivity contribution >= 4 is 33.9 Å². The normalized spacial score (nSPS) is 10.9.